The van der Waals surface area contributed by atoms with Crippen LogP contribution in [0.5, 0.6) is 5.75 Å². The summed E-state index contributed by atoms with van der Waals surface area (Å²) >= 11 is 6.56. The summed E-state index contributed by atoms with van der Waals surface area (Å²) in [5, 5.41) is 5.80. The van der Waals surface area contributed by atoms with Crippen LogP contribution in [0.4, 0.5) is 0 Å². The molecule has 0 aliphatic carbocycles. The Balaban J connectivity index is 1.65. The molecule has 1 amide bonds. The lowest BCUT2D eigenvalue weighted by Crippen LogP contribution is -2.37. The van der Waals surface area contributed by atoms with Gasteiger partial charge in [-0.15, -0.1) is 0 Å². The Labute approximate surface area is 217 Å². The third kappa shape index (κ3) is 5.07. The fourth-order valence-corrected chi connectivity index (χ4v) is 4.49. The Morgan fingerprint density at radius 1 is 1.22 bits per heavy atom. The average molecular weight is 506 g/mol. The molecule has 0 aliphatic heterocycles. The first-order valence-electron chi connectivity index (χ1n) is 12.0. The molecule has 0 spiro atoms. The Bertz CT molecular complexity index is 1410. The standard InChI is InChI=1S/C28H32ClN5O2/c1-7-28(3,4)27(35)33(5)16-19-14-30-15-23(29)22(19)17-36-25-10-8-9-20-21(13-18(2)32-26(20)25)24-11-12-31-34(24)6/h8-15H,7,16-17H2,1-6H3. The van der Waals surface area contributed by atoms with Crippen LogP contribution in [0.15, 0.2) is 48.9 Å². The van der Waals surface area contributed by atoms with E-state index in [4.69, 9.17) is 21.3 Å². The summed E-state index contributed by atoms with van der Waals surface area (Å²) in [5.74, 6) is 0.739. The SMILES string of the molecule is CCC(C)(C)C(=O)N(C)Cc1cncc(Cl)c1COc1cccc2c(-c3ccnn3C)cc(C)nc12. The normalized spacial score (nSPS) is 11.6. The molecule has 8 heteroatoms. The number of fused-ring (bicyclic) bond motifs is 1. The highest BCUT2D eigenvalue weighted by Crippen LogP contribution is 2.34. The molecular weight excluding hydrogens is 474 g/mol. The quantitative estimate of drug-likeness (QED) is 0.295. The predicted octanol–water partition coefficient (Wildman–Crippen LogP) is 5.97. The van der Waals surface area contributed by atoms with Crippen LogP contribution in [0, 0.1) is 12.3 Å². The van der Waals surface area contributed by atoms with Gasteiger partial charge in [0, 0.05) is 66.9 Å². The van der Waals surface area contributed by atoms with E-state index in [0.29, 0.717) is 17.3 Å². The Morgan fingerprint density at radius 3 is 2.69 bits per heavy atom. The van der Waals surface area contributed by atoms with Crippen LogP contribution in [-0.4, -0.2) is 37.6 Å². The van der Waals surface area contributed by atoms with E-state index in [-0.39, 0.29) is 12.5 Å². The second-order valence-corrected chi connectivity index (χ2v) is 10.2. The lowest BCUT2D eigenvalue weighted by Gasteiger charge is -2.29. The van der Waals surface area contributed by atoms with Gasteiger partial charge in [-0.3, -0.25) is 14.5 Å². The van der Waals surface area contributed by atoms with Gasteiger partial charge in [0.1, 0.15) is 17.9 Å². The highest BCUT2D eigenvalue weighted by molar-refractivity contribution is 6.31. The number of nitrogens with zero attached hydrogens (tertiary/aromatic N) is 5. The number of aryl methyl sites for hydroxylation is 2. The molecule has 0 bridgehead atoms. The molecule has 0 saturated heterocycles. The summed E-state index contributed by atoms with van der Waals surface area (Å²) in [5.41, 5.74) is 4.93. The van der Waals surface area contributed by atoms with Gasteiger partial charge in [0.2, 0.25) is 5.91 Å². The molecule has 0 radical (unpaired) electrons. The molecular formula is C28H32ClN5O2. The number of para-hydroxylation sites is 1. The first kappa shape index (κ1) is 25.6. The van der Waals surface area contributed by atoms with Crippen LogP contribution in [0.1, 0.15) is 44.0 Å². The van der Waals surface area contributed by atoms with Crippen LogP contribution >= 0.6 is 11.6 Å². The number of carbonyl (C=O) groups is 1. The van der Waals surface area contributed by atoms with Crippen LogP contribution in [0.25, 0.3) is 22.2 Å². The minimum atomic E-state index is -0.435. The van der Waals surface area contributed by atoms with Crippen molar-refractivity contribution in [3.05, 3.63) is 70.8 Å². The summed E-state index contributed by atoms with van der Waals surface area (Å²) < 4.78 is 8.16. The fourth-order valence-electron chi connectivity index (χ4n) is 4.26. The maximum absolute atomic E-state index is 12.9. The average Bonchev–Trinajstić information content (AvgIpc) is 3.28. The molecule has 0 unspecified atom stereocenters. The number of pyridine rings is 2. The number of hydrogen-bond donors (Lipinski definition) is 0. The molecule has 4 rings (SSSR count). The maximum Gasteiger partial charge on any atom is 0.228 e. The van der Waals surface area contributed by atoms with Crippen molar-refractivity contribution in [2.45, 2.75) is 47.3 Å². The molecule has 0 fully saturated rings. The molecule has 0 aliphatic rings. The smallest absolute Gasteiger partial charge is 0.228 e. The lowest BCUT2D eigenvalue weighted by molar-refractivity contribution is -0.139. The van der Waals surface area contributed by atoms with Crippen molar-refractivity contribution < 1.29 is 9.53 Å². The summed E-state index contributed by atoms with van der Waals surface area (Å²) in [6, 6.07) is 9.96. The van der Waals surface area contributed by atoms with Gasteiger partial charge >= 0.3 is 0 Å². The van der Waals surface area contributed by atoms with E-state index in [9.17, 15) is 4.79 Å². The maximum atomic E-state index is 12.9. The van der Waals surface area contributed by atoms with E-state index in [1.54, 1.807) is 23.5 Å². The van der Waals surface area contributed by atoms with E-state index in [0.717, 1.165) is 45.4 Å². The van der Waals surface area contributed by atoms with Gasteiger partial charge in [0.25, 0.3) is 0 Å². The topological polar surface area (TPSA) is 73.1 Å². The van der Waals surface area contributed by atoms with E-state index in [1.807, 2.05) is 70.7 Å². The molecule has 188 valence electrons. The van der Waals surface area contributed by atoms with E-state index in [2.05, 4.69) is 16.1 Å². The minimum Gasteiger partial charge on any atom is -0.487 e. The third-order valence-electron chi connectivity index (χ3n) is 6.71. The molecule has 0 atom stereocenters. The molecule has 0 N–H and O–H groups in total. The molecule has 4 aromatic rings. The highest BCUT2D eigenvalue weighted by Gasteiger charge is 2.29. The molecule has 7 nitrogen and oxygen atoms in total. The van der Waals surface area contributed by atoms with Crippen LogP contribution in [0.2, 0.25) is 5.02 Å². The largest absolute Gasteiger partial charge is 0.487 e. The monoisotopic (exact) mass is 505 g/mol. The van der Waals surface area contributed by atoms with Crippen molar-refractivity contribution in [3.8, 4) is 17.0 Å². The van der Waals surface area contributed by atoms with Gasteiger partial charge < -0.3 is 9.64 Å². The highest BCUT2D eigenvalue weighted by atomic mass is 35.5. The first-order chi connectivity index (χ1) is 17.1. The third-order valence-corrected chi connectivity index (χ3v) is 7.04. The summed E-state index contributed by atoms with van der Waals surface area (Å²) in [6.45, 7) is 8.53. The molecule has 3 aromatic heterocycles. The van der Waals surface area contributed by atoms with Crippen molar-refractivity contribution in [2.24, 2.45) is 12.5 Å². The van der Waals surface area contributed by atoms with Crippen molar-refractivity contribution in [1.82, 2.24) is 24.6 Å². The van der Waals surface area contributed by atoms with Crippen molar-refractivity contribution in [3.63, 3.8) is 0 Å². The van der Waals surface area contributed by atoms with Gasteiger partial charge in [-0.25, -0.2) is 4.98 Å². The van der Waals surface area contributed by atoms with E-state index < -0.39 is 5.41 Å². The molecule has 1 aromatic carbocycles. The van der Waals surface area contributed by atoms with Crippen molar-refractivity contribution in [1.29, 1.82) is 0 Å². The Kier molecular flexibility index (Phi) is 7.31. The number of benzene rings is 1. The molecule has 0 saturated carbocycles. The summed E-state index contributed by atoms with van der Waals surface area (Å²) in [7, 11) is 3.73. The molecule has 36 heavy (non-hydrogen) atoms. The Hall–Kier alpha value is -3.45. The van der Waals surface area contributed by atoms with Crippen molar-refractivity contribution >= 4 is 28.4 Å². The zero-order chi connectivity index (χ0) is 26.0. The molecule has 3 heterocycles. The minimum absolute atomic E-state index is 0.0771. The number of rotatable bonds is 8. The predicted molar refractivity (Wildman–Crippen MR) is 143 cm³/mol. The fraction of sp³-hybridized carbons (Fsp3) is 0.357. The van der Waals surface area contributed by atoms with Crippen molar-refractivity contribution in [2.75, 3.05) is 7.05 Å². The zero-order valence-electron chi connectivity index (χ0n) is 21.7. The number of amides is 1. The number of halogens is 1. The van der Waals surface area contributed by atoms with Gasteiger partial charge in [0.05, 0.1) is 10.7 Å². The number of ether oxygens (including phenoxy) is 1. The second kappa shape index (κ2) is 10.3. The van der Waals surface area contributed by atoms with Gasteiger partial charge in [-0.05, 0) is 37.1 Å². The zero-order valence-corrected chi connectivity index (χ0v) is 22.4. The number of aromatic nitrogens is 4. The van der Waals surface area contributed by atoms with Crippen LogP contribution in [0.3, 0.4) is 0 Å². The number of carbonyl (C=O) groups excluding carboxylic acids is 1. The number of hydrogen-bond acceptors (Lipinski definition) is 5. The summed E-state index contributed by atoms with van der Waals surface area (Å²) in [4.78, 5) is 23.7. The van der Waals surface area contributed by atoms with E-state index in [1.165, 1.54) is 0 Å². The summed E-state index contributed by atoms with van der Waals surface area (Å²) in [6.07, 6.45) is 5.90. The lowest BCUT2D eigenvalue weighted by atomic mass is 9.88. The first-order valence-corrected chi connectivity index (χ1v) is 12.4. The van der Waals surface area contributed by atoms with Crippen LogP contribution < -0.4 is 4.74 Å². The Morgan fingerprint density at radius 2 is 2.00 bits per heavy atom. The van der Waals surface area contributed by atoms with Gasteiger partial charge in [0.15, 0.2) is 0 Å². The van der Waals surface area contributed by atoms with Gasteiger partial charge in [-0.1, -0.05) is 44.5 Å². The van der Waals surface area contributed by atoms with Crippen LogP contribution in [-0.2, 0) is 25.0 Å². The van der Waals surface area contributed by atoms with Gasteiger partial charge in [-0.2, -0.15) is 5.10 Å². The van der Waals surface area contributed by atoms with E-state index >= 15 is 0 Å². The second-order valence-electron chi connectivity index (χ2n) is 9.75.